The molecule has 0 aromatic carbocycles. The maximum Gasteiger partial charge on any atom is 0.103 e. The van der Waals surface area contributed by atoms with E-state index in [9.17, 15) is 0 Å². The first-order valence-corrected chi connectivity index (χ1v) is 7.41. The molecule has 2 nitrogen and oxygen atoms in total. The normalized spacial score (nSPS) is 10.8. The van der Waals surface area contributed by atoms with Gasteiger partial charge in [0.15, 0.2) is 0 Å². The van der Waals surface area contributed by atoms with Gasteiger partial charge in [0, 0.05) is 11.5 Å². The fourth-order valence-electron chi connectivity index (χ4n) is 1.09. The van der Waals surface area contributed by atoms with E-state index in [0.717, 1.165) is 10.9 Å². The third-order valence-electron chi connectivity index (χ3n) is 1.64. The van der Waals surface area contributed by atoms with E-state index in [0.29, 0.717) is 0 Å². The summed E-state index contributed by atoms with van der Waals surface area (Å²) in [6, 6.07) is 5.82. The molecule has 1 aromatic rings. The van der Waals surface area contributed by atoms with Crippen LogP contribution < -0.4 is 5.32 Å². The zero-order valence-corrected chi connectivity index (χ0v) is 8.63. The van der Waals surface area contributed by atoms with Crippen LogP contribution in [-0.4, -0.2) is 13.1 Å². The van der Waals surface area contributed by atoms with Crippen molar-refractivity contribution >= 4 is 13.4 Å². The lowest BCUT2D eigenvalue weighted by atomic mass is 10.3. The summed E-state index contributed by atoms with van der Waals surface area (Å²) >= 11 is 0. The molecule has 0 N–H and O–H groups in total. The maximum absolute atomic E-state index is 8.81. The van der Waals surface area contributed by atoms with Crippen molar-refractivity contribution in [2.75, 3.05) is 0 Å². The summed E-state index contributed by atoms with van der Waals surface area (Å²) in [4.78, 5) is 4.26. The van der Waals surface area contributed by atoms with Gasteiger partial charge in [-0.15, -0.1) is 0 Å². The fraction of sp³-hybridized carbons (Fsp3) is 0.333. The van der Waals surface area contributed by atoms with Gasteiger partial charge in [-0.2, -0.15) is 5.26 Å². The molecule has 0 spiro atoms. The number of nitrogens with zero attached hydrogens (tertiary/aromatic N) is 2. The predicted molar refractivity (Wildman–Crippen MR) is 51.9 cm³/mol. The summed E-state index contributed by atoms with van der Waals surface area (Å²) in [7, 11) is -1.43. The molecule has 0 fully saturated rings. The lowest BCUT2D eigenvalue weighted by molar-refractivity contribution is 1.33. The van der Waals surface area contributed by atoms with Gasteiger partial charge >= 0.3 is 0 Å². The van der Waals surface area contributed by atoms with Gasteiger partial charge in [-0.3, -0.25) is 4.98 Å². The average Bonchev–Trinajstić information content (AvgIpc) is 2.03. The highest BCUT2D eigenvalue weighted by molar-refractivity contribution is 6.88. The molecule has 62 valence electrons. The Bertz CT molecular complexity index is 320. The van der Waals surface area contributed by atoms with Gasteiger partial charge in [-0.1, -0.05) is 19.6 Å². The average molecular weight is 176 g/mol. The molecular weight excluding hydrogens is 164 g/mol. The Kier molecular flexibility index (Phi) is 2.29. The van der Waals surface area contributed by atoms with Gasteiger partial charge in [0.25, 0.3) is 0 Å². The van der Waals surface area contributed by atoms with Gasteiger partial charge in [0.2, 0.25) is 0 Å². The number of hydrogen-bond donors (Lipinski definition) is 0. The van der Waals surface area contributed by atoms with Gasteiger partial charge in [0.05, 0.1) is 5.56 Å². The van der Waals surface area contributed by atoms with E-state index in [1.165, 1.54) is 0 Å². The van der Waals surface area contributed by atoms with E-state index >= 15 is 0 Å². The van der Waals surface area contributed by atoms with Crippen molar-refractivity contribution in [1.29, 1.82) is 5.26 Å². The van der Waals surface area contributed by atoms with E-state index < -0.39 is 8.07 Å². The smallest absolute Gasteiger partial charge is 0.103 e. The van der Waals surface area contributed by atoms with Crippen molar-refractivity contribution in [1.82, 2.24) is 4.98 Å². The second kappa shape index (κ2) is 3.08. The third kappa shape index (κ3) is 1.71. The zero-order chi connectivity index (χ0) is 9.19. The molecule has 1 rings (SSSR count). The molecule has 0 aliphatic rings. The standard InChI is InChI=1S/C9H12N2Si/c1-12(2,3)9-8(7-10)5-4-6-11-9/h4-6H,1-3H3. The predicted octanol–water partition coefficient (Wildman–Crippen LogP) is 1.50. The minimum Gasteiger partial charge on any atom is -0.265 e. The Morgan fingerprint density at radius 1 is 1.42 bits per heavy atom. The number of hydrogen-bond acceptors (Lipinski definition) is 2. The molecule has 0 aliphatic carbocycles. The highest BCUT2D eigenvalue weighted by atomic mass is 28.3. The number of nitriles is 1. The molecule has 0 aliphatic heterocycles. The summed E-state index contributed by atoms with van der Waals surface area (Å²) in [5.41, 5.74) is 0.733. The SMILES string of the molecule is C[Si](C)(C)c1ncccc1C#N. The molecule has 0 saturated heterocycles. The van der Waals surface area contributed by atoms with Crippen LogP contribution in [0.15, 0.2) is 18.3 Å². The van der Waals surface area contributed by atoms with Gasteiger partial charge in [-0.05, 0) is 12.1 Å². The Morgan fingerprint density at radius 3 is 2.50 bits per heavy atom. The molecule has 0 unspecified atom stereocenters. The van der Waals surface area contributed by atoms with Crippen LogP contribution in [0.1, 0.15) is 5.56 Å². The van der Waals surface area contributed by atoms with Crippen LogP contribution in [0.25, 0.3) is 0 Å². The van der Waals surface area contributed by atoms with Gasteiger partial charge in [-0.25, -0.2) is 0 Å². The lowest BCUT2D eigenvalue weighted by Crippen LogP contribution is -2.41. The largest absolute Gasteiger partial charge is 0.265 e. The summed E-state index contributed by atoms with van der Waals surface area (Å²) in [5.74, 6) is 0. The molecule has 0 saturated carbocycles. The number of rotatable bonds is 1. The molecule has 3 heteroatoms. The Hall–Kier alpha value is -1.14. The van der Waals surface area contributed by atoms with Crippen LogP contribution in [0.4, 0.5) is 0 Å². The topological polar surface area (TPSA) is 36.7 Å². The molecule has 0 radical (unpaired) electrons. The highest BCUT2D eigenvalue weighted by Crippen LogP contribution is 2.03. The number of aromatic nitrogens is 1. The monoisotopic (exact) mass is 176 g/mol. The maximum atomic E-state index is 8.81. The van der Waals surface area contributed by atoms with E-state index in [1.807, 2.05) is 12.1 Å². The fourth-order valence-corrected chi connectivity index (χ4v) is 2.50. The first kappa shape index (κ1) is 8.95. The van der Waals surface area contributed by atoms with E-state index in [2.05, 4.69) is 30.7 Å². The Morgan fingerprint density at radius 2 is 2.08 bits per heavy atom. The van der Waals surface area contributed by atoms with Crippen molar-refractivity contribution in [2.45, 2.75) is 19.6 Å². The molecular formula is C9H12N2Si. The lowest BCUT2D eigenvalue weighted by Gasteiger charge is -2.15. The molecule has 1 heterocycles. The summed E-state index contributed by atoms with van der Waals surface area (Å²) in [6.45, 7) is 6.57. The van der Waals surface area contributed by atoms with Crippen LogP contribution >= 0.6 is 0 Å². The second-order valence-corrected chi connectivity index (χ2v) is 8.73. The zero-order valence-electron chi connectivity index (χ0n) is 7.63. The molecule has 0 amide bonds. The van der Waals surface area contributed by atoms with Crippen molar-refractivity contribution in [3.8, 4) is 6.07 Å². The molecule has 0 bridgehead atoms. The third-order valence-corrected chi connectivity index (χ3v) is 3.46. The van der Waals surface area contributed by atoms with Crippen molar-refractivity contribution in [3.63, 3.8) is 0 Å². The summed E-state index contributed by atoms with van der Waals surface area (Å²) in [5, 5.41) is 9.82. The van der Waals surface area contributed by atoms with E-state index in [1.54, 1.807) is 6.20 Å². The van der Waals surface area contributed by atoms with Crippen LogP contribution in [0.3, 0.4) is 0 Å². The van der Waals surface area contributed by atoms with Gasteiger partial charge < -0.3 is 0 Å². The Balaban J connectivity index is 3.26. The summed E-state index contributed by atoms with van der Waals surface area (Å²) in [6.07, 6.45) is 1.76. The van der Waals surface area contributed by atoms with Crippen LogP contribution in [-0.2, 0) is 0 Å². The van der Waals surface area contributed by atoms with Crippen molar-refractivity contribution in [2.24, 2.45) is 0 Å². The highest BCUT2D eigenvalue weighted by Gasteiger charge is 2.21. The van der Waals surface area contributed by atoms with Crippen LogP contribution in [0, 0.1) is 11.3 Å². The second-order valence-electron chi connectivity index (χ2n) is 3.76. The quantitative estimate of drug-likeness (QED) is 0.608. The Labute approximate surface area is 73.9 Å². The van der Waals surface area contributed by atoms with E-state index in [-0.39, 0.29) is 0 Å². The molecule has 1 aromatic heterocycles. The van der Waals surface area contributed by atoms with Crippen LogP contribution in [0.2, 0.25) is 19.6 Å². The van der Waals surface area contributed by atoms with Crippen LogP contribution in [0.5, 0.6) is 0 Å². The minimum absolute atomic E-state index is 0.733. The molecule has 12 heavy (non-hydrogen) atoms. The number of pyridine rings is 1. The van der Waals surface area contributed by atoms with Gasteiger partial charge in [0.1, 0.15) is 14.1 Å². The minimum atomic E-state index is -1.43. The first-order chi connectivity index (χ1) is 5.55. The van der Waals surface area contributed by atoms with E-state index in [4.69, 9.17) is 5.26 Å². The summed E-state index contributed by atoms with van der Waals surface area (Å²) < 4.78 is 0. The van der Waals surface area contributed by atoms with Crippen molar-refractivity contribution in [3.05, 3.63) is 23.9 Å². The molecule has 0 atom stereocenters. The van der Waals surface area contributed by atoms with Crippen molar-refractivity contribution < 1.29 is 0 Å². The first-order valence-electron chi connectivity index (χ1n) is 3.91.